The van der Waals surface area contributed by atoms with Crippen LogP contribution in [-0.2, 0) is 4.79 Å². The number of hydrogen-bond donors (Lipinski definition) is 2. The van der Waals surface area contributed by atoms with Crippen molar-refractivity contribution in [3.63, 3.8) is 0 Å². The summed E-state index contributed by atoms with van der Waals surface area (Å²) in [4.78, 5) is 24.5. The maximum atomic E-state index is 12.8. The van der Waals surface area contributed by atoms with Gasteiger partial charge in [-0.3, -0.25) is 9.59 Å². The Kier molecular flexibility index (Phi) is 5.43. The highest BCUT2D eigenvalue weighted by molar-refractivity contribution is 6.30. The van der Waals surface area contributed by atoms with Crippen LogP contribution in [-0.4, -0.2) is 24.3 Å². The van der Waals surface area contributed by atoms with Gasteiger partial charge in [-0.2, -0.15) is 0 Å². The second-order valence-corrected chi connectivity index (χ2v) is 5.63. The van der Waals surface area contributed by atoms with E-state index in [1.54, 1.807) is 42.5 Å². The molecule has 3 rings (SSSR count). The Morgan fingerprint density at radius 3 is 2.58 bits per heavy atom. The molecular weight excluding hydrogens is 356 g/mol. The first-order chi connectivity index (χ1) is 12.6. The third-order valence-electron chi connectivity index (χ3n) is 3.62. The Morgan fingerprint density at radius 2 is 1.81 bits per heavy atom. The van der Waals surface area contributed by atoms with Gasteiger partial charge in [0.05, 0.1) is 12.3 Å². The molecule has 0 radical (unpaired) electrons. The second-order valence-electron chi connectivity index (χ2n) is 5.37. The zero-order valence-corrected chi connectivity index (χ0v) is 14.8. The van der Waals surface area contributed by atoms with Crippen LogP contribution in [0.5, 0.6) is 5.75 Å². The van der Waals surface area contributed by atoms with Crippen LogP contribution in [0.2, 0.25) is 0 Å². The van der Waals surface area contributed by atoms with Crippen molar-refractivity contribution in [2.24, 2.45) is 0 Å². The van der Waals surface area contributed by atoms with Crippen molar-refractivity contribution in [1.82, 2.24) is 0 Å². The van der Waals surface area contributed by atoms with Crippen LogP contribution in [0.4, 0.5) is 11.4 Å². The minimum absolute atomic E-state index is 0.00373. The molecule has 2 aromatic carbocycles. The largest absolute Gasteiger partial charge is 0.492 e. The smallest absolute Gasteiger partial charge is 0.293 e. The van der Waals surface area contributed by atoms with E-state index >= 15 is 0 Å². The van der Waals surface area contributed by atoms with Crippen molar-refractivity contribution in [2.75, 3.05) is 23.1 Å². The summed E-state index contributed by atoms with van der Waals surface area (Å²) in [6.07, 6.45) is 0. The molecule has 7 heteroatoms. The summed E-state index contributed by atoms with van der Waals surface area (Å²) < 4.78 is 11.2. The molecule has 1 aromatic heterocycles. The Labute approximate surface area is 155 Å². The van der Waals surface area contributed by atoms with Crippen molar-refractivity contribution in [1.29, 1.82) is 0 Å². The van der Waals surface area contributed by atoms with Crippen molar-refractivity contribution in [3.05, 3.63) is 54.3 Å². The number of furan rings is 1. The predicted molar refractivity (Wildman–Crippen MR) is 101 cm³/mol. The third-order valence-corrected chi connectivity index (χ3v) is 3.87. The molecule has 6 nitrogen and oxygen atoms in total. The van der Waals surface area contributed by atoms with Gasteiger partial charge in [0.1, 0.15) is 22.9 Å². The summed E-state index contributed by atoms with van der Waals surface area (Å²) in [6, 6.07) is 14.1. The summed E-state index contributed by atoms with van der Waals surface area (Å²) in [5.74, 6) is -0.615. The van der Waals surface area contributed by atoms with Crippen molar-refractivity contribution in [3.8, 4) is 5.75 Å². The van der Waals surface area contributed by atoms with Crippen molar-refractivity contribution < 1.29 is 18.7 Å². The molecule has 0 fully saturated rings. The Morgan fingerprint density at radius 1 is 1.08 bits per heavy atom. The van der Waals surface area contributed by atoms with Crippen molar-refractivity contribution in [2.45, 2.75) is 6.92 Å². The van der Waals surface area contributed by atoms with Crippen LogP contribution in [0.15, 0.2) is 52.9 Å². The van der Waals surface area contributed by atoms with Crippen LogP contribution >= 0.6 is 11.6 Å². The lowest BCUT2D eigenvalue weighted by molar-refractivity contribution is -0.113. The summed E-state index contributed by atoms with van der Waals surface area (Å²) in [5.41, 5.74) is 1.28. The number of nitrogens with one attached hydrogen (secondary N) is 2. The molecule has 0 aliphatic carbocycles. The molecule has 0 aliphatic rings. The predicted octanol–water partition coefficient (Wildman–Crippen LogP) is 4.26. The normalized spacial score (nSPS) is 10.5. The van der Waals surface area contributed by atoms with E-state index < -0.39 is 11.8 Å². The van der Waals surface area contributed by atoms with Gasteiger partial charge in [0.25, 0.3) is 5.91 Å². The van der Waals surface area contributed by atoms with E-state index in [-0.39, 0.29) is 17.3 Å². The number of carbonyl (C=O) groups excluding carboxylic acids is 2. The first kappa shape index (κ1) is 17.8. The number of rotatable bonds is 6. The summed E-state index contributed by atoms with van der Waals surface area (Å²) >= 11 is 5.58. The molecule has 2 amide bonds. The molecule has 0 spiro atoms. The summed E-state index contributed by atoms with van der Waals surface area (Å²) in [6.45, 7) is 2.33. The molecule has 0 unspecified atom stereocenters. The number of alkyl halides is 1. The van der Waals surface area contributed by atoms with Crippen LogP contribution in [0, 0.1) is 0 Å². The van der Waals surface area contributed by atoms with Crippen molar-refractivity contribution >= 4 is 45.8 Å². The molecular formula is C19H17ClN2O4. The standard InChI is InChI=1S/C19H17ClN2O4/c1-2-25-15-10-6-4-8-13(15)21-19(24)18-17(22-16(23)11-20)12-7-3-5-9-14(12)26-18/h3-10H,2,11H2,1H3,(H,21,24)(H,22,23). The number of halogens is 1. The lowest BCUT2D eigenvalue weighted by Gasteiger charge is -2.11. The third kappa shape index (κ3) is 3.65. The maximum absolute atomic E-state index is 12.8. The zero-order valence-electron chi connectivity index (χ0n) is 14.0. The van der Waals surface area contributed by atoms with Gasteiger partial charge in [-0.25, -0.2) is 0 Å². The van der Waals surface area contributed by atoms with E-state index in [1.807, 2.05) is 13.0 Å². The zero-order chi connectivity index (χ0) is 18.5. The van der Waals surface area contributed by atoms with E-state index in [2.05, 4.69) is 10.6 Å². The van der Waals surface area contributed by atoms with Crippen LogP contribution in [0.1, 0.15) is 17.5 Å². The van der Waals surface area contributed by atoms with E-state index in [1.165, 1.54) is 0 Å². The molecule has 0 atom stereocenters. The number of ether oxygens (including phenoxy) is 1. The SMILES string of the molecule is CCOc1ccccc1NC(=O)c1oc2ccccc2c1NC(=O)CCl. The van der Waals surface area contributed by atoms with Gasteiger partial charge in [-0.15, -0.1) is 11.6 Å². The fourth-order valence-corrected chi connectivity index (χ4v) is 2.60. The van der Waals surface area contributed by atoms with Gasteiger partial charge in [0.2, 0.25) is 11.7 Å². The number of anilines is 2. The Hall–Kier alpha value is -2.99. The first-order valence-corrected chi connectivity index (χ1v) is 8.58. The molecule has 26 heavy (non-hydrogen) atoms. The fourth-order valence-electron chi connectivity index (χ4n) is 2.53. The van der Waals surface area contributed by atoms with Gasteiger partial charge < -0.3 is 19.8 Å². The van der Waals surface area contributed by atoms with Crippen LogP contribution in [0.3, 0.4) is 0 Å². The van der Waals surface area contributed by atoms with Crippen LogP contribution in [0.25, 0.3) is 11.0 Å². The highest BCUT2D eigenvalue weighted by atomic mass is 35.5. The molecule has 2 N–H and O–H groups in total. The molecule has 134 valence electrons. The highest BCUT2D eigenvalue weighted by Gasteiger charge is 2.22. The average Bonchev–Trinajstić information content (AvgIpc) is 3.02. The van der Waals surface area contributed by atoms with Gasteiger partial charge in [0.15, 0.2) is 0 Å². The summed E-state index contributed by atoms with van der Waals surface area (Å²) in [7, 11) is 0. The number of benzene rings is 2. The topological polar surface area (TPSA) is 80.6 Å². The molecule has 0 bridgehead atoms. The molecule has 3 aromatic rings. The van der Waals surface area contributed by atoms with E-state index in [0.717, 1.165) is 0 Å². The average molecular weight is 373 g/mol. The minimum atomic E-state index is -0.502. The number of amides is 2. The highest BCUT2D eigenvalue weighted by Crippen LogP contribution is 2.32. The van der Waals surface area contributed by atoms with Crippen LogP contribution < -0.4 is 15.4 Å². The number of para-hydroxylation sites is 3. The number of hydrogen-bond acceptors (Lipinski definition) is 4. The molecule has 0 aliphatic heterocycles. The van der Waals surface area contributed by atoms with E-state index in [9.17, 15) is 9.59 Å². The van der Waals surface area contributed by atoms with Gasteiger partial charge >= 0.3 is 0 Å². The first-order valence-electron chi connectivity index (χ1n) is 8.04. The molecule has 1 heterocycles. The Bertz CT molecular complexity index is 952. The second kappa shape index (κ2) is 7.93. The monoisotopic (exact) mass is 372 g/mol. The fraction of sp³-hybridized carbons (Fsp3) is 0.158. The quantitative estimate of drug-likeness (QED) is 0.633. The van der Waals surface area contributed by atoms with E-state index in [4.69, 9.17) is 20.8 Å². The maximum Gasteiger partial charge on any atom is 0.293 e. The lowest BCUT2D eigenvalue weighted by Crippen LogP contribution is -2.18. The molecule has 0 saturated carbocycles. The lowest BCUT2D eigenvalue weighted by atomic mass is 10.2. The van der Waals surface area contributed by atoms with Gasteiger partial charge in [-0.05, 0) is 31.2 Å². The molecule has 0 saturated heterocycles. The van der Waals surface area contributed by atoms with Gasteiger partial charge in [0, 0.05) is 5.39 Å². The minimum Gasteiger partial charge on any atom is -0.492 e. The number of carbonyl (C=O) groups is 2. The Balaban J connectivity index is 1.98. The van der Waals surface area contributed by atoms with E-state index in [0.29, 0.717) is 29.0 Å². The van der Waals surface area contributed by atoms with Gasteiger partial charge in [-0.1, -0.05) is 24.3 Å². The number of fused-ring (bicyclic) bond motifs is 1. The summed E-state index contributed by atoms with van der Waals surface area (Å²) in [5, 5.41) is 6.01.